The molecule has 0 spiro atoms. The third-order valence-electron chi connectivity index (χ3n) is 2.38. The van der Waals surface area contributed by atoms with Gasteiger partial charge < -0.3 is 4.74 Å². The van der Waals surface area contributed by atoms with E-state index in [9.17, 15) is 0 Å². The minimum absolute atomic E-state index is 0.839. The Bertz CT molecular complexity index is 331. The summed E-state index contributed by atoms with van der Waals surface area (Å²) < 4.78 is 6.72. The van der Waals surface area contributed by atoms with E-state index in [4.69, 9.17) is 4.74 Å². The maximum atomic E-state index is 5.49. The molecule has 1 nitrogen and oxygen atoms in total. The van der Waals surface area contributed by atoms with E-state index in [0.29, 0.717) is 0 Å². The van der Waals surface area contributed by atoms with Crippen molar-refractivity contribution in [2.45, 2.75) is 20.3 Å². The summed E-state index contributed by atoms with van der Waals surface area (Å²) in [5.74, 6) is 1.08. The van der Waals surface area contributed by atoms with Gasteiger partial charge in [0.25, 0.3) is 0 Å². The molecule has 0 radical (unpaired) electrons. The predicted molar refractivity (Wildman–Crippen MR) is 52.8 cm³/mol. The van der Waals surface area contributed by atoms with Crippen LogP contribution in [0.1, 0.15) is 16.7 Å². The van der Waals surface area contributed by atoms with Gasteiger partial charge in [0.1, 0.15) is 5.75 Å². The van der Waals surface area contributed by atoms with Gasteiger partial charge in [-0.05, 0) is 31.0 Å². The van der Waals surface area contributed by atoms with E-state index in [1.807, 2.05) is 0 Å². The molecule has 0 fully saturated rings. The fourth-order valence-electron chi connectivity index (χ4n) is 1.66. The van der Waals surface area contributed by atoms with E-state index < -0.39 is 0 Å². The van der Waals surface area contributed by atoms with E-state index in [2.05, 4.69) is 35.8 Å². The number of ether oxygens (including phenoxy) is 1. The van der Waals surface area contributed by atoms with Crippen molar-refractivity contribution in [1.82, 2.24) is 0 Å². The Morgan fingerprint density at radius 2 is 2.17 bits per heavy atom. The third kappa shape index (κ3) is 1.06. The van der Waals surface area contributed by atoms with Gasteiger partial charge in [-0.3, -0.25) is 0 Å². The maximum Gasteiger partial charge on any atom is 0.123 e. The molecule has 1 aliphatic rings. The number of halogens is 1. The summed E-state index contributed by atoms with van der Waals surface area (Å²) in [6.45, 7) is 5.08. The van der Waals surface area contributed by atoms with Gasteiger partial charge in [0.15, 0.2) is 0 Å². The summed E-state index contributed by atoms with van der Waals surface area (Å²) in [7, 11) is 0. The molecule has 0 bridgehead atoms. The fourth-order valence-corrected chi connectivity index (χ4v) is 2.02. The number of rotatable bonds is 0. The Morgan fingerprint density at radius 1 is 1.42 bits per heavy atom. The van der Waals surface area contributed by atoms with Crippen molar-refractivity contribution in [3.63, 3.8) is 0 Å². The second-order valence-corrected chi connectivity index (χ2v) is 4.00. The highest BCUT2D eigenvalue weighted by atomic mass is 79.9. The smallest absolute Gasteiger partial charge is 0.123 e. The summed E-state index contributed by atoms with van der Waals surface area (Å²) in [6.07, 6.45) is 1.06. The van der Waals surface area contributed by atoms with Crippen molar-refractivity contribution >= 4 is 15.9 Å². The topological polar surface area (TPSA) is 9.23 Å². The molecule has 2 heteroatoms. The van der Waals surface area contributed by atoms with Gasteiger partial charge in [-0.25, -0.2) is 0 Å². The molecule has 2 rings (SSSR count). The highest BCUT2D eigenvalue weighted by Gasteiger charge is 2.17. The number of benzene rings is 1. The molecule has 1 aromatic rings. The Balaban J connectivity index is 2.67. The number of hydrogen-bond donors (Lipinski definition) is 0. The Kier molecular flexibility index (Phi) is 1.87. The number of aryl methyl sites for hydroxylation is 1. The number of fused-ring (bicyclic) bond motifs is 1. The first-order valence-electron chi connectivity index (χ1n) is 4.11. The molecule has 1 heterocycles. The first kappa shape index (κ1) is 8.11. The molecule has 0 atom stereocenters. The van der Waals surface area contributed by atoms with Crippen molar-refractivity contribution in [2.75, 3.05) is 6.61 Å². The van der Waals surface area contributed by atoms with Gasteiger partial charge in [0.2, 0.25) is 0 Å². The van der Waals surface area contributed by atoms with Crippen molar-refractivity contribution < 1.29 is 4.74 Å². The van der Waals surface area contributed by atoms with Crippen LogP contribution >= 0.6 is 15.9 Å². The van der Waals surface area contributed by atoms with Gasteiger partial charge in [-0.1, -0.05) is 15.9 Å². The third-order valence-corrected chi connectivity index (χ3v) is 3.60. The van der Waals surface area contributed by atoms with Gasteiger partial charge >= 0.3 is 0 Å². The van der Waals surface area contributed by atoms with Crippen LogP contribution in [0, 0.1) is 13.8 Å². The highest BCUT2D eigenvalue weighted by Crippen LogP contribution is 2.35. The van der Waals surface area contributed by atoms with Crippen molar-refractivity contribution in [3.05, 3.63) is 27.2 Å². The van der Waals surface area contributed by atoms with Gasteiger partial charge in [-0.15, -0.1) is 0 Å². The van der Waals surface area contributed by atoms with Gasteiger partial charge in [-0.2, -0.15) is 0 Å². The Morgan fingerprint density at radius 3 is 2.92 bits per heavy atom. The minimum Gasteiger partial charge on any atom is -0.493 e. The maximum absolute atomic E-state index is 5.49. The van der Waals surface area contributed by atoms with Gasteiger partial charge in [0.05, 0.1) is 6.61 Å². The summed E-state index contributed by atoms with van der Waals surface area (Å²) in [4.78, 5) is 0. The normalized spacial score (nSPS) is 14.2. The number of hydrogen-bond acceptors (Lipinski definition) is 1. The lowest BCUT2D eigenvalue weighted by molar-refractivity contribution is 0.356. The average Bonchev–Trinajstić information content (AvgIpc) is 2.48. The minimum atomic E-state index is 0.839. The van der Waals surface area contributed by atoms with Crippen molar-refractivity contribution in [1.29, 1.82) is 0 Å². The summed E-state index contributed by atoms with van der Waals surface area (Å²) in [5.41, 5.74) is 3.96. The molecule has 0 unspecified atom stereocenters. The molecule has 0 aromatic heterocycles. The molecule has 0 N–H and O–H groups in total. The molecule has 64 valence electrons. The SMILES string of the molecule is Cc1cc2c(c(C)c1Br)CCO2. The van der Waals surface area contributed by atoms with Crippen LogP contribution in [-0.4, -0.2) is 6.61 Å². The van der Waals surface area contributed by atoms with Crippen LogP contribution in [0.3, 0.4) is 0 Å². The first-order valence-corrected chi connectivity index (χ1v) is 4.91. The van der Waals surface area contributed by atoms with E-state index in [0.717, 1.165) is 18.8 Å². The van der Waals surface area contributed by atoms with Crippen LogP contribution in [0.25, 0.3) is 0 Å². The van der Waals surface area contributed by atoms with E-state index in [1.54, 1.807) is 0 Å². The second-order valence-electron chi connectivity index (χ2n) is 3.21. The molecule has 12 heavy (non-hydrogen) atoms. The van der Waals surface area contributed by atoms with Crippen LogP contribution in [0.4, 0.5) is 0 Å². The Hall–Kier alpha value is -0.500. The van der Waals surface area contributed by atoms with Gasteiger partial charge in [0, 0.05) is 16.5 Å². The zero-order chi connectivity index (χ0) is 8.72. The van der Waals surface area contributed by atoms with Crippen LogP contribution in [0.2, 0.25) is 0 Å². The molecule has 0 amide bonds. The lowest BCUT2D eigenvalue weighted by atomic mass is 10.0. The quantitative estimate of drug-likeness (QED) is 0.661. The molecule has 1 aromatic carbocycles. The highest BCUT2D eigenvalue weighted by molar-refractivity contribution is 9.10. The summed E-state index contributed by atoms with van der Waals surface area (Å²) in [6, 6.07) is 2.11. The lowest BCUT2D eigenvalue weighted by Gasteiger charge is -2.07. The first-order chi connectivity index (χ1) is 5.70. The van der Waals surface area contributed by atoms with Crippen LogP contribution in [0.5, 0.6) is 5.75 Å². The standard InChI is InChI=1S/C10H11BrO/c1-6-5-9-8(3-4-12-9)7(2)10(6)11/h5H,3-4H2,1-2H3. The van der Waals surface area contributed by atoms with Crippen molar-refractivity contribution in [3.8, 4) is 5.75 Å². The fraction of sp³-hybridized carbons (Fsp3) is 0.400. The van der Waals surface area contributed by atoms with E-state index >= 15 is 0 Å². The zero-order valence-corrected chi connectivity index (χ0v) is 8.86. The lowest BCUT2D eigenvalue weighted by Crippen LogP contribution is -1.88. The molecular formula is C10H11BrO. The molecular weight excluding hydrogens is 216 g/mol. The van der Waals surface area contributed by atoms with Crippen molar-refractivity contribution in [2.24, 2.45) is 0 Å². The second kappa shape index (κ2) is 2.77. The largest absolute Gasteiger partial charge is 0.493 e. The molecule has 1 aliphatic heterocycles. The molecule has 0 saturated carbocycles. The Labute approximate surface area is 80.9 Å². The predicted octanol–water partition coefficient (Wildman–Crippen LogP) is 3.00. The summed E-state index contributed by atoms with van der Waals surface area (Å²) >= 11 is 3.58. The van der Waals surface area contributed by atoms with E-state index in [1.165, 1.54) is 21.2 Å². The molecule has 0 saturated heterocycles. The summed E-state index contributed by atoms with van der Waals surface area (Å²) in [5, 5.41) is 0. The molecule has 0 aliphatic carbocycles. The van der Waals surface area contributed by atoms with Crippen LogP contribution < -0.4 is 4.74 Å². The monoisotopic (exact) mass is 226 g/mol. The van der Waals surface area contributed by atoms with E-state index in [-0.39, 0.29) is 0 Å². The van der Waals surface area contributed by atoms with Crippen LogP contribution in [-0.2, 0) is 6.42 Å². The van der Waals surface area contributed by atoms with Crippen LogP contribution in [0.15, 0.2) is 10.5 Å². The average molecular weight is 227 g/mol. The zero-order valence-electron chi connectivity index (χ0n) is 7.28.